The fourth-order valence-electron chi connectivity index (χ4n) is 2.36. The van der Waals surface area contributed by atoms with Crippen molar-refractivity contribution >= 4 is 54.9 Å². The molecule has 0 unspecified atom stereocenters. The van der Waals surface area contributed by atoms with Crippen molar-refractivity contribution in [1.29, 1.82) is 0 Å². The summed E-state index contributed by atoms with van der Waals surface area (Å²) in [5.41, 5.74) is 6.63. The Morgan fingerprint density at radius 2 is 2.14 bits per heavy atom. The van der Waals surface area contributed by atoms with Gasteiger partial charge in [0.25, 0.3) is 5.91 Å². The zero-order valence-electron chi connectivity index (χ0n) is 11.4. The van der Waals surface area contributed by atoms with Crippen LogP contribution in [0.2, 0.25) is 0 Å². The van der Waals surface area contributed by atoms with E-state index in [0.717, 1.165) is 14.6 Å². The van der Waals surface area contributed by atoms with Crippen molar-refractivity contribution < 1.29 is 9.59 Å². The maximum absolute atomic E-state index is 12.6. The lowest BCUT2D eigenvalue weighted by atomic mass is 10.2. The van der Waals surface area contributed by atoms with Crippen molar-refractivity contribution in [2.75, 3.05) is 32.4 Å². The van der Waals surface area contributed by atoms with Gasteiger partial charge in [-0.15, -0.1) is 11.3 Å². The minimum Gasteiger partial charge on any atom is -0.397 e. The van der Waals surface area contributed by atoms with Gasteiger partial charge in [0.15, 0.2) is 0 Å². The van der Waals surface area contributed by atoms with E-state index in [1.54, 1.807) is 16.8 Å². The van der Waals surface area contributed by atoms with Crippen molar-refractivity contribution in [1.82, 2.24) is 9.80 Å². The van der Waals surface area contributed by atoms with Crippen LogP contribution in [0.1, 0.15) is 9.67 Å². The number of halogens is 1. The molecule has 0 bridgehead atoms. The first kappa shape index (κ1) is 14.3. The van der Waals surface area contributed by atoms with Crippen LogP contribution in [-0.4, -0.2) is 48.3 Å². The molecule has 7 heteroatoms. The van der Waals surface area contributed by atoms with Gasteiger partial charge in [0.05, 0.1) is 5.69 Å². The van der Waals surface area contributed by atoms with E-state index >= 15 is 0 Å². The van der Waals surface area contributed by atoms with Crippen molar-refractivity contribution in [3.05, 3.63) is 27.5 Å². The molecular weight excluding hydrogens is 354 g/mol. The van der Waals surface area contributed by atoms with E-state index in [-0.39, 0.29) is 18.4 Å². The Morgan fingerprint density at radius 1 is 1.38 bits per heavy atom. The molecule has 1 aliphatic rings. The number of thiophene rings is 1. The Bertz CT molecular complexity index is 743. The van der Waals surface area contributed by atoms with Crippen molar-refractivity contribution in [3.63, 3.8) is 0 Å². The largest absolute Gasteiger partial charge is 0.397 e. The number of rotatable bonds is 1. The van der Waals surface area contributed by atoms with Gasteiger partial charge in [-0.2, -0.15) is 0 Å². The van der Waals surface area contributed by atoms with E-state index in [1.165, 1.54) is 11.3 Å². The third-order valence-electron chi connectivity index (χ3n) is 3.64. The molecule has 1 aromatic heterocycles. The summed E-state index contributed by atoms with van der Waals surface area (Å²) in [6.45, 7) is 1.21. The molecule has 2 aromatic rings. The Morgan fingerprint density at radius 3 is 2.81 bits per heavy atom. The van der Waals surface area contributed by atoms with Gasteiger partial charge in [0, 0.05) is 34.7 Å². The summed E-state index contributed by atoms with van der Waals surface area (Å²) >= 11 is 4.84. The quantitative estimate of drug-likeness (QED) is 0.839. The number of nitrogen functional groups attached to an aromatic ring is 1. The summed E-state index contributed by atoms with van der Waals surface area (Å²) in [4.78, 5) is 28.1. The summed E-state index contributed by atoms with van der Waals surface area (Å²) in [6.07, 6.45) is 0. The monoisotopic (exact) mass is 367 g/mol. The van der Waals surface area contributed by atoms with Gasteiger partial charge < -0.3 is 15.5 Å². The number of carbonyl (C=O) groups is 2. The topological polar surface area (TPSA) is 66.6 Å². The van der Waals surface area contributed by atoms with Gasteiger partial charge in [-0.3, -0.25) is 9.59 Å². The first-order valence-electron chi connectivity index (χ1n) is 6.48. The Labute approximate surface area is 134 Å². The molecule has 1 saturated heterocycles. The lowest BCUT2D eigenvalue weighted by Crippen LogP contribution is -2.50. The normalized spacial score (nSPS) is 15.8. The smallest absolute Gasteiger partial charge is 0.266 e. The van der Waals surface area contributed by atoms with E-state index in [4.69, 9.17) is 5.73 Å². The van der Waals surface area contributed by atoms with Crippen LogP contribution in [0, 0.1) is 0 Å². The van der Waals surface area contributed by atoms with Crippen molar-refractivity contribution in [2.24, 2.45) is 0 Å². The third-order valence-corrected chi connectivity index (χ3v) is 5.46. The van der Waals surface area contributed by atoms with Crippen LogP contribution in [0.4, 0.5) is 5.69 Å². The zero-order chi connectivity index (χ0) is 15.1. The van der Waals surface area contributed by atoms with Crippen LogP contribution in [0.5, 0.6) is 0 Å². The Kier molecular flexibility index (Phi) is 3.62. The molecule has 2 N–H and O–H groups in total. The summed E-state index contributed by atoms with van der Waals surface area (Å²) in [7, 11) is 1.75. The first-order valence-corrected chi connectivity index (χ1v) is 8.09. The number of fused-ring (bicyclic) bond motifs is 1. The average Bonchev–Trinajstić information content (AvgIpc) is 2.80. The molecule has 0 spiro atoms. The number of anilines is 1. The molecule has 21 heavy (non-hydrogen) atoms. The highest BCUT2D eigenvalue weighted by atomic mass is 79.9. The van der Waals surface area contributed by atoms with E-state index in [1.807, 2.05) is 18.2 Å². The molecule has 1 aliphatic heterocycles. The minimum absolute atomic E-state index is 0.0459. The highest BCUT2D eigenvalue weighted by Gasteiger charge is 2.28. The van der Waals surface area contributed by atoms with Crippen LogP contribution in [0.25, 0.3) is 10.1 Å². The molecular formula is C14H14BrN3O2S. The molecule has 0 saturated carbocycles. The van der Waals surface area contributed by atoms with Gasteiger partial charge in [0.2, 0.25) is 5.91 Å². The van der Waals surface area contributed by atoms with Crippen LogP contribution in [0.15, 0.2) is 22.7 Å². The lowest BCUT2D eigenvalue weighted by molar-refractivity contribution is -0.133. The Hall–Kier alpha value is -1.60. The van der Waals surface area contributed by atoms with Crippen LogP contribution < -0.4 is 5.73 Å². The maximum Gasteiger partial charge on any atom is 0.266 e. The standard InChI is InChI=1S/C14H14BrN3O2S/c1-17-5-6-18(7-10(17)19)14(20)13-12(16)11-8(15)3-2-4-9(11)21-13/h2-4H,5-7,16H2,1H3. The fourth-order valence-corrected chi connectivity index (χ4v) is 4.19. The second-order valence-electron chi connectivity index (χ2n) is 5.00. The van der Waals surface area contributed by atoms with Crippen LogP contribution in [-0.2, 0) is 4.79 Å². The second-order valence-corrected chi connectivity index (χ2v) is 6.91. The number of hydrogen-bond donors (Lipinski definition) is 1. The summed E-state index contributed by atoms with van der Waals surface area (Å²) < 4.78 is 1.84. The molecule has 1 fully saturated rings. The molecule has 2 amide bonds. The molecule has 5 nitrogen and oxygen atoms in total. The summed E-state index contributed by atoms with van der Waals surface area (Å²) in [5, 5.41) is 0.867. The Balaban J connectivity index is 1.97. The molecule has 2 heterocycles. The van der Waals surface area contributed by atoms with Crippen molar-refractivity contribution in [3.8, 4) is 0 Å². The number of nitrogens with two attached hydrogens (primary N) is 1. The summed E-state index contributed by atoms with van der Waals surface area (Å²) in [6, 6.07) is 5.75. The van der Waals surface area contributed by atoms with Crippen LogP contribution >= 0.6 is 27.3 Å². The van der Waals surface area contributed by atoms with Gasteiger partial charge in [0.1, 0.15) is 11.4 Å². The molecule has 1 aromatic carbocycles. The highest BCUT2D eigenvalue weighted by Crippen LogP contribution is 2.38. The predicted molar refractivity (Wildman–Crippen MR) is 87.5 cm³/mol. The van der Waals surface area contributed by atoms with E-state index in [2.05, 4.69) is 15.9 Å². The molecule has 0 radical (unpaired) electrons. The number of piperazine rings is 1. The van der Waals surface area contributed by atoms with Gasteiger partial charge in [-0.25, -0.2) is 0 Å². The number of benzene rings is 1. The first-order chi connectivity index (χ1) is 9.99. The predicted octanol–water partition coefficient (Wildman–Crippen LogP) is 2.16. The van der Waals surface area contributed by atoms with Gasteiger partial charge in [-0.05, 0) is 12.1 Å². The lowest BCUT2D eigenvalue weighted by Gasteiger charge is -2.31. The fraction of sp³-hybridized carbons (Fsp3) is 0.286. The number of likely N-dealkylation sites (N-methyl/N-ethyl adjacent to an activating group) is 1. The number of nitrogens with zero attached hydrogens (tertiary/aromatic N) is 2. The van der Waals surface area contributed by atoms with Gasteiger partial charge in [-0.1, -0.05) is 22.0 Å². The third kappa shape index (κ3) is 2.40. The SMILES string of the molecule is CN1CCN(C(=O)c2sc3cccc(Br)c3c2N)CC1=O. The van der Waals surface area contributed by atoms with Gasteiger partial charge >= 0.3 is 0 Å². The minimum atomic E-state index is -0.165. The number of carbonyl (C=O) groups excluding carboxylic acids is 2. The summed E-state index contributed by atoms with van der Waals surface area (Å²) in [5.74, 6) is -0.211. The number of hydrogen-bond acceptors (Lipinski definition) is 4. The average molecular weight is 368 g/mol. The maximum atomic E-state index is 12.6. The molecule has 0 aliphatic carbocycles. The van der Waals surface area contributed by atoms with E-state index < -0.39 is 0 Å². The molecule has 0 atom stereocenters. The number of amides is 2. The zero-order valence-corrected chi connectivity index (χ0v) is 13.8. The van der Waals surface area contributed by atoms with E-state index in [9.17, 15) is 9.59 Å². The van der Waals surface area contributed by atoms with Crippen LogP contribution in [0.3, 0.4) is 0 Å². The van der Waals surface area contributed by atoms with Crippen molar-refractivity contribution in [2.45, 2.75) is 0 Å². The second kappa shape index (κ2) is 5.31. The van der Waals surface area contributed by atoms with E-state index in [0.29, 0.717) is 23.7 Å². The molecule has 110 valence electrons. The molecule has 3 rings (SSSR count). The highest BCUT2D eigenvalue weighted by molar-refractivity contribution is 9.10.